The summed E-state index contributed by atoms with van der Waals surface area (Å²) in [5.41, 5.74) is 18.4. The first-order chi connectivity index (χ1) is 28.5. The van der Waals surface area contributed by atoms with Crippen molar-refractivity contribution in [2.24, 2.45) is 0 Å². The lowest BCUT2D eigenvalue weighted by molar-refractivity contribution is 0.660. The van der Waals surface area contributed by atoms with Gasteiger partial charge in [-0.15, -0.1) is 0 Å². The van der Waals surface area contributed by atoms with Crippen LogP contribution in [0.4, 0.5) is 0 Å². The predicted molar refractivity (Wildman–Crippen MR) is 241 cm³/mol. The maximum Gasteiger partial charge on any atom is 0.160 e. The zero-order chi connectivity index (χ0) is 38.8. The van der Waals surface area contributed by atoms with E-state index in [1.54, 1.807) is 0 Å². The smallest absolute Gasteiger partial charge is 0.160 e. The third-order valence-corrected chi connectivity index (χ3v) is 12.0. The Bertz CT molecular complexity index is 3100. The van der Waals surface area contributed by atoms with Crippen LogP contribution in [0.15, 0.2) is 200 Å². The number of rotatable bonds is 6. The van der Waals surface area contributed by atoms with Crippen molar-refractivity contribution in [3.63, 3.8) is 0 Å². The van der Waals surface area contributed by atoms with E-state index in [0.717, 1.165) is 50.2 Å². The molecule has 11 rings (SSSR count). The first-order valence-electron chi connectivity index (χ1n) is 20.0. The predicted octanol–water partition coefficient (Wildman–Crippen LogP) is 14.2. The molecule has 1 aliphatic rings. The summed E-state index contributed by atoms with van der Waals surface area (Å²) in [6.45, 7) is 4.70. The molecule has 2 aromatic heterocycles. The second-order valence-electron chi connectivity index (χ2n) is 15.8. The fourth-order valence-corrected chi connectivity index (χ4v) is 9.12. The van der Waals surface area contributed by atoms with E-state index in [1.165, 1.54) is 49.9 Å². The fraction of sp³-hybridized carbons (Fsp3) is 0.0545. The molecule has 2 heterocycles. The number of benzene rings is 8. The van der Waals surface area contributed by atoms with E-state index < -0.39 is 0 Å². The lowest BCUT2D eigenvalue weighted by atomic mass is 9.81. The van der Waals surface area contributed by atoms with Crippen LogP contribution in [0.25, 0.3) is 94.8 Å². The van der Waals surface area contributed by atoms with Gasteiger partial charge in [0.1, 0.15) is 0 Å². The van der Waals surface area contributed by atoms with E-state index in [9.17, 15) is 0 Å². The van der Waals surface area contributed by atoms with Crippen LogP contribution in [-0.4, -0.2) is 14.5 Å². The second-order valence-corrected chi connectivity index (χ2v) is 15.8. The molecule has 3 nitrogen and oxygen atoms in total. The minimum atomic E-state index is -0.0823. The monoisotopic (exact) mass is 741 g/mol. The first kappa shape index (κ1) is 33.9. The Morgan fingerprint density at radius 1 is 0.379 bits per heavy atom. The van der Waals surface area contributed by atoms with Crippen LogP contribution >= 0.6 is 0 Å². The zero-order valence-electron chi connectivity index (χ0n) is 32.4. The third-order valence-electron chi connectivity index (χ3n) is 12.0. The summed E-state index contributed by atoms with van der Waals surface area (Å²) in [5, 5.41) is 2.34. The third kappa shape index (κ3) is 5.50. The van der Waals surface area contributed by atoms with Crippen molar-refractivity contribution in [1.29, 1.82) is 0 Å². The topological polar surface area (TPSA) is 30.7 Å². The standard InChI is InChI=1S/C55H39N3/c1-55(2)47-23-13-12-21-43(47)44-31-27-41(34-48(44)55)40-28-32-51-46(33-40)53-45(22-14-24-52(53)58(51)42-29-25-37(26-30-42)36-15-6-3-7-16-36)50-35-49(38-17-8-4-9-18-38)56-54(57-50)39-19-10-5-11-20-39/h3-35H,1-2H3. The summed E-state index contributed by atoms with van der Waals surface area (Å²) in [6, 6.07) is 71.9. The van der Waals surface area contributed by atoms with Gasteiger partial charge in [-0.1, -0.05) is 172 Å². The fourth-order valence-electron chi connectivity index (χ4n) is 9.12. The van der Waals surface area contributed by atoms with Gasteiger partial charge in [0.25, 0.3) is 0 Å². The summed E-state index contributed by atoms with van der Waals surface area (Å²) < 4.78 is 2.41. The normalized spacial score (nSPS) is 12.8. The van der Waals surface area contributed by atoms with Crippen LogP contribution in [0.5, 0.6) is 0 Å². The molecule has 0 saturated heterocycles. The van der Waals surface area contributed by atoms with Crippen molar-refractivity contribution in [2.75, 3.05) is 0 Å². The van der Waals surface area contributed by atoms with E-state index in [4.69, 9.17) is 9.97 Å². The molecule has 0 aliphatic heterocycles. The molecule has 0 spiro atoms. The zero-order valence-corrected chi connectivity index (χ0v) is 32.4. The summed E-state index contributed by atoms with van der Waals surface area (Å²) in [7, 11) is 0. The van der Waals surface area contributed by atoms with E-state index in [2.05, 4.69) is 194 Å². The highest BCUT2D eigenvalue weighted by atomic mass is 15.0. The molecule has 274 valence electrons. The van der Waals surface area contributed by atoms with Gasteiger partial charge < -0.3 is 4.57 Å². The number of hydrogen-bond acceptors (Lipinski definition) is 2. The first-order valence-corrected chi connectivity index (χ1v) is 20.0. The number of hydrogen-bond donors (Lipinski definition) is 0. The SMILES string of the molecule is CC1(C)c2ccccc2-c2ccc(-c3ccc4c(c3)c3c(-c5cc(-c6ccccc6)nc(-c6ccccc6)n5)cccc3n4-c3ccc(-c4ccccc4)cc3)cc21. The quantitative estimate of drug-likeness (QED) is 0.170. The number of fused-ring (bicyclic) bond motifs is 6. The molecule has 0 radical (unpaired) electrons. The highest BCUT2D eigenvalue weighted by molar-refractivity contribution is 6.16. The number of aromatic nitrogens is 3. The Kier molecular flexibility index (Phi) is 7.84. The molecule has 1 aliphatic carbocycles. The van der Waals surface area contributed by atoms with Crippen molar-refractivity contribution in [2.45, 2.75) is 19.3 Å². The molecule has 0 N–H and O–H groups in total. The Morgan fingerprint density at radius 2 is 0.948 bits per heavy atom. The van der Waals surface area contributed by atoms with Crippen LogP contribution in [0.3, 0.4) is 0 Å². The van der Waals surface area contributed by atoms with Crippen LogP contribution in [0.2, 0.25) is 0 Å². The van der Waals surface area contributed by atoms with E-state index in [-0.39, 0.29) is 5.41 Å². The summed E-state index contributed by atoms with van der Waals surface area (Å²) in [5.74, 6) is 0.705. The van der Waals surface area contributed by atoms with E-state index in [0.29, 0.717) is 5.82 Å². The van der Waals surface area contributed by atoms with Crippen molar-refractivity contribution in [3.8, 4) is 73.0 Å². The Hall–Kier alpha value is -7.36. The van der Waals surface area contributed by atoms with E-state index >= 15 is 0 Å². The molecule has 0 amide bonds. The molecule has 0 unspecified atom stereocenters. The van der Waals surface area contributed by atoms with Crippen molar-refractivity contribution in [3.05, 3.63) is 211 Å². The summed E-state index contributed by atoms with van der Waals surface area (Å²) >= 11 is 0. The molecule has 0 saturated carbocycles. The summed E-state index contributed by atoms with van der Waals surface area (Å²) in [4.78, 5) is 10.4. The van der Waals surface area contributed by atoms with Crippen LogP contribution in [0.1, 0.15) is 25.0 Å². The number of nitrogens with zero attached hydrogens (tertiary/aromatic N) is 3. The van der Waals surface area contributed by atoms with Gasteiger partial charge in [0.15, 0.2) is 5.82 Å². The molecule has 8 aromatic carbocycles. The average molecular weight is 742 g/mol. The van der Waals surface area contributed by atoms with Crippen molar-refractivity contribution < 1.29 is 0 Å². The Morgan fingerprint density at radius 3 is 1.71 bits per heavy atom. The van der Waals surface area contributed by atoms with Gasteiger partial charge in [-0.05, 0) is 87.0 Å². The van der Waals surface area contributed by atoms with Crippen LogP contribution in [-0.2, 0) is 5.41 Å². The van der Waals surface area contributed by atoms with Gasteiger partial charge in [0.2, 0.25) is 0 Å². The molecular formula is C55H39N3. The van der Waals surface area contributed by atoms with E-state index in [1.807, 2.05) is 24.3 Å². The lowest BCUT2D eigenvalue weighted by Gasteiger charge is -2.22. The summed E-state index contributed by atoms with van der Waals surface area (Å²) in [6.07, 6.45) is 0. The second kappa shape index (κ2) is 13.4. The molecule has 0 bridgehead atoms. The molecule has 3 heteroatoms. The van der Waals surface area contributed by atoms with Gasteiger partial charge in [-0.2, -0.15) is 0 Å². The molecule has 0 fully saturated rings. The molecular weight excluding hydrogens is 703 g/mol. The highest BCUT2D eigenvalue weighted by Gasteiger charge is 2.35. The molecule has 0 atom stereocenters. The van der Waals surface area contributed by atoms with Gasteiger partial charge in [0.05, 0.1) is 22.4 Å². The van der Waals surface area contributed by atoms with Gasteiger partial charge >= 0.3 is 0 Å². The van der Waals surface area contributed by atoms with Gasteiger partial charge in [-0.25, -0.2) is 9.97 Å². The maximum absolute atomic E-state index is 5.32. The Labute approximate surface area is 338 Å². The Balaban J connectivity index is 1.15. The van der Waals surface area contributed by atoms with Gasteiger partial charge in [0, 0.05) is 38.6 Å². The largest absolute Gasteiger partial charge is 0.309 e. The molecule has 10 aromatic rings. The average Bonchev–Trinajstić information content (AvgIpc) is 3.75. The lowest BCUT2D eigenvalue weighted by Crippen LogP contribution is -2.14. The van der Waals surface area contributed by atoms with Crippen LogP contribution < -0.4 is 0 Å². The van der Waals surface area contributed by atoms with Crippen LogP contribution in [0, 0.1) is 0 Å². The maximum atomic E-state index is 5.32. The van der Waals surface area contributed by atoms with Crippen molar-refractivity contribution >= 4 is 21.8 Å². The minimum absolute atomic E-state index is 0.0823. The highest BCUT2D eigenvalue weighted by Crippen LogP contribution is 2.50. The van der Waals surface area contributed by atoms with Gasteiger partial charge in [-0.3, -0.25) is 0 Å². The molecule has 58 heavy (non-hydrogen) atoms. The van der Waals surface area contributed by atoms with Crippen molar-refractivity contribution in [1.82, 2.24) is 14.5 Å². The minimum Gasteiger partial charge on any atom is -0.309 e.